The highest BCUT2D eigenvalue weighted by Crippen LogP contribution is 2.61. The first kappa shape index (κ1) is 25.9. The van der Waals surface area contributed by atoms with E-state index in [0.717, 1.165) is 22.5 Å². The maximum atomic E-state index is 14.6. The molecule has 0 radical (unpaired) electrons. The van der Waals surface area contributed by atoms with Crippen LogP contribution < -0.4 is 9.80 Å². The molecule has 4 aliphatic rings. The summed E-state index contributed by atoms with van der Waals surface area (Å²) >= 11 is 1.56. The zero-order chi connectivity index (χ0) is 27.5. The van der Waals surface area contributed by atoms with Crippen LogP contribution in [0.25, 0.3) is 0 Å². The molecule has 1 N–H and O–H groups in total. The number of para-hydroxylation sites is 2. The minimum atomic E-state index is -0.919. The van der Waals surface area contributed by atoms with Crippen molar-refractivity contribution >= 4 is 40.9 Å². The van der Waals surface area contributed by atoms with Crippen molar-refractivity contribution in [3.8, 4) is 0 Å². The Morgan fingerprint density at radius 1 is 0.923 bits per heavy atom. The Morgan fingerprint density at radius 3 is 2.31 bits per heavy atom. The summed E-state index contributed by atoms with van der Waals surface area (Å²) in [6.07, 6.45) is 8.04. The van der Waals surface area contributed by atoms with Gasteiger partial charge in [0, 0.05) is 29.7 Å². The third-order valence-electron chi connectivity index (χ3n) is 8.61. The normalized spacial score (nSPS) is 30.7. The molecule has 202 valence electrons. The van der Waals surface area contributed by atoms with Gasteiger partial charge in [-0.2, -0.15) is 0 Å². The molecule has 2 aromatic carbocycles. The lowest BCUT2D eigenvalue weighted by Gasteiger charge is -2.38. The Bertz CT molecular complexity index is 1370. The van der Waals surface area contributed by atoms with Crippen LogP contribution in [0.2, 0.25) is 0 Å². The molecule has 2 saturated heterocycles. The number of carbonyl (C=O) groups is 3. The molecule has 0 saturated carbocycles. The van der Waals surface area contributed by atoms with E-state index in [9.17, 15) is 19.5 Å². The van der Waals surface area contributed by atoms with E-state index in [1.165, 1.54) is 0 Å². The molecule has 6 rings (SSSR count). The van der Waals surface area contributed by atoms with Crippen LogP contribution >= 0.6 is 11.8 Å². The lowest BCUT2D eigenvalue weighted by molar-refractivity contribution is -0.141. The summed E-state index contributed by atoms with van der Waals surface area (Å²) in [4.78, 5) is 48.2. The average Bonchev–Trinajstić information content (AvgIpc) is 3.25. The molecular weight excluding hydrogens is 510 g/mol. The number of likely N-dealkylation sites (tertiary alicyclic amines) is 1. The van der Waals surface area contributed by atoms with Crippen LogP contribution in [-0.4, -0.2) is 69.5 Å². The first-order chi connectivity index (χ1) is 18.8. The van der Waals surface area contributed by atoms with Crippen molar-refractivity contribution in [3.05, 3.63) is 84.0 Å². The largest absolute Gasteiger partial charge is 0.394 e. The maximum Gasteiger partial charge on any atom is 0.251 e. The standard InChI is InChI=1S/C31H33N3O4S/c1-19-10-7-11-20(2)26(19)33-17-9-15-31-25(29(37)34(21(3)18-35)27(31)30(33)38)24-23(39-31)14-8-16-32(28(24)36)22-12-5-4-6-13-22/h4-15,21,23-25,27,35H,16-18H2,1-3H3/t21-,23+,24-,25+,27?,31+/m1/s1. The van der Waals surface area contributed by atoms with E-state index in [0.29, 0.717) is 13.1 Å². The van der Waals surface area contributed by atoms with Crippen LogP contribution in [0.4, 0.5) is 11.4 Å². The fourth-order valence-corrected chi connectivity index (χ4v) is 8.90. The Kier molecular flexibility index (Phi) is 6.43. The second kappa shape index (κ2) is 9.68. The van der Waals surface area contributed by atoms with Crippen molar-refractivity contribution in [3.63, 3.8) is 0 Å². The summed E-state index contributed by atoms with van der Waals surface area (Å²) in [6.45, 7) is 6.28. The fourth-order valence-electron chi connectivity index (χ4n) is 6.91. The highest BCUT2D eigenvalue weighted by atomic mass is 32.2. The molecule has 0 aromatic heterocycles. The number of hydrogen-bond acceptors (Lipinski definition) is 5. The van der Waals surface area contributed by atoms with E-state index in [1.807, 2.05) is 86.7 Å². The molecule has 2 fully saturated rings. The van der Waals surface area contributed by atoms with Crippen molar-refractivity contribution in [1.82, 2.24) is 4.90 Å². The summed E-state index contributed by atoms with van der Waals surface area (Å²) in [5.74, 6) is -1.85. The molecule has 8 heteroatoms. The molecule has 6 atom stereocenters. The minimum absolute atomic E-state index is 0.104. The summed E-state index contributed by atoms with van der Waals surface area (Å²) in [5.41, 5.74) is 3.60. The number of carbonyl (C=O) groups excluding carboxylic acids is 3. The van der Waals surface area contributed by atoms with E-state index >= 15 is 0 Å². The van der Waals surface area contributed by atoms with Gasteiger partial charge in [-0.1, -0.05) is 60.7 Å². The number of thioether (sulfide) groups is 1. The molecule has 0 aliphatic carbocycles. The number of fused-ring (bicyclic) bond motifs is 2. The van der Waals surface area contributed by atoms with Gasteiger partial charge < -0.3 is 19.8 Å². The number of rotatable bonds is 4. The lowest BCUT2D eigenvalue weighted by atomic mass is 9.78. The Morgan fingerprint density at radius 2 is 1.62 bits per heavy atom. The maximum absolute atomic E-state index is 14.6. The van der Waals surface area contributed by atoms with Crippen LogP contribution in [0.5, 0.6) is 0 Å². The number of anilines is 2. The third-order valence-corrected chi connectivity index (χ3v) is 10.4. The number of amides is 3. The predicted octanol–water partition coefficient (Wildman–Crippen LogP) is 3.49. The molecule has 0 bridgehead atoms. The first-order valence-corrected chi connectivity index (χ1v) is 14.4. The Labute approximate surface area is 233 Å². The van der Waals surface area contributed by atoms with Crippen LogP contribution in [0.3, 0.4) is 0 Å². The number of hydrogen-bond donors (Lipinski definition) is 1. The smallest absolute Gasteiger partial charge is 0.251 e. The molecule has 3 amide bonds. The first-order valence-electron chi connectivity index (χ1n) is 13.5. The SMILES string of the molecule is Cc1cccc(C)c1N1CC=C[C@]23S[C@H]4C=CCN(c5ccccc5)C(=O)[C@H]4[C@H]2C(=O)N([C@H](C)CO)C3C1=O. The molecule has 1 spiro atoms. The van der Waals surface area contributed by atoms with E-state index in [4.69, 9.17) is 0 Å². The number of nitrogens with zero attached hydrogens (tertiary/aromatic N) is 3. The van der Waals surface area contributed by atoms with E-state index in [1.54, 1.807) is 33.4 Å². The van der Waals surface area contributed by atoms with Gasteiger partial charge in [-0.15, -0.1) is 11.8 Å². The van der Waals surface area contributed by atoms with Gasteiger partial charge in [0.25, 0.3) is 5.91 Å². The molecule has 4 aliphatic heterocycles. The molecule has 7 nitrogen and oxygen atoms in total. The molecule has 4 heterocycles. The van der Waals surface area contributed by atoms with Gasteiger partial charge in [0.05, 0.1) is 29.2 Å². The van der Waals surface area contributed by atoms with Crippen LogP contribution in [0.15, 0.2) is 72.8 Å². The molecule has 1 unspecified atom stereocenters. The quantitative estimate of drug-likeness (QED) is 0.598. The van der Waals surface area contributed by atoms with Gasteiger partial charge in [0.15, 0.2) is 0 Å². The molecule has 39 heavy (non-hydrogen) atoms. The van der Waals surface area contributed by atoms with Crippen molar-refractivity contribution in [2.75, 3.05) is 29.5 Å². The fraction of sp³-hybridized carbons (Fsp3) is 0.387. The number of benzene rings is 2. The van der Waals surface area contributed by atoms with E-state index in [2.05, 4.69) is 0 Å². The van der Waals surface area contributed by atoms with Crippen molar-refractivity contribution in [1.29, 1.82) is 0 Å². The zero-order valence-electron chi connectivity index (χ0n) is 22.4. The second-order valence-corrected chi connectivity index (χ2v) is 12.4. The van der Waals surface area contributed by atoms with Gasteiger partial charge in [-0.25, -0.2) is 0 Å². The summed E-state index contributed by atoms with van der Waals surface area (Å²) in [6, 6.07) is 14.1. The lowest BCUT2D eigenvalue weighted by Crippen LogP contribution is -2.56. The van der Waals surface area contributed by atoms with Crippen molar-refractivity contribution in [2.24, 2.45) is 11.8 Å². The van der Waals surface area contributed by atoms with Gasteiger partial charge in [-0.05, 0) is 44.0 Å². The van der Waals surface area contributed by atoms with Crippen LogP contribution in [-0.2, 0) is 14.4 Å². The van der Waals surface area contributed by atoms with Gasteiger partial charge in [-0.3, -0.25) is 14.4 Å². The topological polar surface area (TPSA) is 81.2 Å². The van der Waals surface area contributed by atoms with Crippen molar-refractivity contribution < 1.29 is 19.5 Å². The van der Waals surface area contributed by atoms with E-state index < -0.39 is 28.7 Å². The van der Waals surface area contributed by atoms with Crippen molar-refractivity contribution in [2.45, 2.75) is 42.9 Å². The van der Waals surface area contributed by atoms with Crippen LogP contribution in [0.1, 0.15) is 18.1 Å². The summed E-state index contributed by atoms with van der Waals surface area (Å²) in [5, 5.41) is 9.94. The van der Waals surface area contributed by atoms with Crippen LogP contribution in [0, 0.1) is 25.7 Å². The Balaban J connectivity index is 1.48. The van der Waals surface area contributed by atoms with Gasteiger partial charge in [0.1, 0.15) is 6.04 Å². The minimum Gasteiger partial charge on any atom is -0.394 e. The monoisotopic (exact) mass is 543 g/mol. The summed E-state index contributed by atoms with van der Waals surface area (Å²) < 4.78 is -0.919. The average molecular weight is 544 g/mol. The summed E-state index contributed by atoms with van der Waals surface area (Å²) in [7, 11) is 0. The zero-order valence-corrected chi connectivity index (χ0v) is 23.2. The predicted molar refractivity (Wildman–Crippen MR) is 154 cm³/mol. The third kappa shape index (κ3) is 3.79. The number of aryl methyl sites for hydroxylation is 2. The highest BCUT2D eigenvalue weighted by Gasteiger charge is 2.71. The second-order valence-electron chi connectivity index (χ2n) is 10.9. The highest BCUT2D eigenvalue weighted by molar-refractivity contribution is 8.02. The van der Waals surface area contributed by atoms with Gasteiger partial charge in [0.2, 0.25) is 11.8 Å². The van der Waals surface area contributed by atoms with E-state index in [-0.39, 0.29) is 29.6 Å². The Hall–Kier alpha value is -3.36. The molecular formula is C31H33N3O4S. The number of aliphatic hydroxyl groups is 1. The molecule has 2 aromatic rings. The number of aliphatic hydroxyl groups excluding tert-OH is 1. The van der Waals surface area contributed by atoms with Gasteiger partial charge >= 0.3 is 0 Å².